The number of carbonyl (C=O) groups is 1. The summed E-state index contributed by atoms with van der Waals surface area (Å²) in [7, 11) is 1.61. The number of aliphatic imine (C=N–C) groups is 1. The van der Waals surface area contributed by atoms with Crippen molar-refractivity contribution < 1.29 is 18.3 Å². The van der Waals surface area contributed by atoms with Gasteiger partial charge in [0, 0.05) is 16.6 Å². The summed E-state index contributed by atoms with van der Waals surface area (Å²) < 4.78 is 34.7. The van der Waals surface area contributed by atoms with E-state index in [0.29, 0.717) is 42.9 Å². The Balaban J connectivity index is 1.60. The van der Waals surface area contributed by atoms with Crippen LogP contribution in [0.15, 0.2) is 70.1 Å². The van der Waals surface area contributed by atoms with Gasteiger partial charge in [-0.1, -0.05) is 40.2 Å². The van der Waals surface area contributed by atoms with E-state index in [9.17, 15) is 9.18 Å². The molecule has 0 bridgehead atoms. The number of hydrogen-bond donors (Lipinski definition) is 0. The second-order valence-corrected chi connectivity index (χ2v) is 9.11. The van der Waals surface area contributed by atoms with Crippen molar-refractivity contribution in [1.29, 1.82) is 0 Å². The fourth-order valence-corrected chi connectivity index (χ4v) is 4.65. The lowest BCUT2D eigenvalue weighted by atomic mass is 9.96. The van der Waals surface area contributed by atoms with Gasteiger partial charge in [0.15, 0.2) is 0 Å². The Hall–Kier alpha value is -3.06. The standard InChI is InChI=1S/C27H25BrF2N2O2/c1-17(18-6-10-21(29)11-7-18)27(33)32-15-14-31-26(32)23-4-3-5-24(30)22(23)12-8-19-16-20(28)9-13-25(19)34-2/h3-7,9-11,13,16-17H,8,12,14-15H2,1-2H3. The number of nitrogens with zero attached hydrogens (tertiary/aromatic N) is 2. The van der Waals surface area contributed by atoms with E-state index in [0.717, 1.165) is 21.3 Å². The van der Waals surface area contributed by atoms with Crippen molar-refractivity contribution in [2.45, 2.75) is 25.7 Å². The van der Waals surface area contributed by atoms with Gasteiger partial charge in [-0.25, -0.2) is 8.78 Å². The van der Waals surface area contributed by atoms with Crippen molar-refractivity contribution in [3.63, 3.8) is 0 Å². The molecule has 0 N–H and O–H groups in total. The van der Waals surface area contributed by atoms with Crippen molar-refractivity contribution in [3.8, 4) is 5.75 Å². The molecule has 0 aliphatic carbocycles. The molecule has 0 saturated carbocycles. The van der Waals surface area contributed by atoms with Crippen LogP contribution >= 0.6 is 15.9 Å². The van der Waals surface area contributed by atoms with E-state index in [1.807, 2.05) is 24.3 Å². The Morgan fingerprint density at radius 3 is 2.62 bits per heavy atom. The zero-order valence-electron chi connectivity index (χ0n) is 19.0. The molecule has 0 aromatic heterocycles. The van der Waals surface area contributed by atoms with Gasteiger partial charge in [-0.3, -0.25) is 14.7 Å². The molecule has 34 heavy (non-hydrogen) atoms. The number of carbonyl (C=O) groups excluding carboxylic acids is 1. The SMILES string of the molecule is COc1ccc(Br)cc1CCc1c(F)cccc1C1=NCCN1C(=O)C(C)c1ccc(F)cc1. The fraction of sp³-hybridized carbons (Fsp3) is 0.259. The van der Waals surface area contributed by atoms with E-state index < -0.39 is 5.92 Å². The molecular formula is C27H25BrF2N2O2. The summed E-state index contributed by atoms with van der Waals surface area (Å²) in [5, 5.41) is 0. The number of benzene rings is 3. The molecule has 0 saturated heterocycles. The van der Waals surface area contributed by atoms with Crippen LogP contribution in [0.2, 0.25) is 0 Å². The van der Waals surface area contributed by atoms with Crippen LogP contribution in [0.3, 0.4) is 0 Å². The topological polar surface area (TPSA) is 41.9 Å². The minimum atomic E-state index is -0.480. The average molecular weight is 527 g/mol. The first kappa shape index (κ1) is 24.1. The Kier molecular flexibility index (Phi) is 7.41. The smallest absolute Gasteiger partial charge is 0.235 e. The minimum Gasteiger partial charge on any atom is -0.496 e. The van der Waals surface area contributed by atoms with Gasteiger partial charge in [-0.2, -0.15) is 0 Å². The van der Waals surface area contributed by atoms with Crippen LogP contribution in [0.5, 0.6) is 5.75 Å². The summed E-state index contributed by atoms with van der Waals surface area (Å²) in [6.07, 6.45) is 0.979. The van der Waals surface area contributed by atoms with Crippen LogP contribution in [0.4, 0.5) is 8.78 Å². The van der Waals surface area contributed by atoms with Gasteiger partial charge in [0.2, 0.25) is 5.91 Å². The molecular weight excluding hydrogens is 502 g/mol. The number of hydrogen-bond acceptors (Lipinski definition) is 3. The molecule has 0 spiro atoms. The molecule has 0 radical (unpaired) electrons. The van der Waals surface area contributed by atoms with Gasteiger partial charge in [0.1, 0.15) is 23.2 Å². The monoisotopic (exact) mass is 526 g/mol. The Morgan fingerprint density at radius 1 is 1.12 bits per heavy atom. The third kappa shape index (κ3) is 5.04. The van der Waals surface area contributed by atoms with Crippen molar-refractivity contribution in [2.75, 3.05) is 20.2 Å². The van der Waals surface area contributed by atoms with Crippen molar-refractivity contribution in [2.24, 2.45) is 4.99 Å². The average Bonchev–Trinajstić information content (AvgIpc) is 3.32. The van der Waals surface area contributed by atoms with Gasteiger partial charge in [-0.15, -0.1) is 0 Å². The number of rotatable bonds is 7. The maximum absolute atomic E-state index is 15.0. The fourth-order valence-electron chi connectivity index (χ4n) is 4.24. The highest BCUT2D eigenvalue weighted by Crippen LogP contribution is 2.28. The molecule has 7 heteroatoms. The predicted octanol–water partition coefficient (Wildman–Crippen LogP) is 5.91. The van der Waals surface area contributed by atoms with Crippen LogP contribution in [0.25, 0.3) is 0 Å². The first-order chi connectivity index (χ1) is 16.4. The van der Waals surface area contributed by atoms with Gasteiger partial charge >= 0.3 is 0 Å². The van der Waals surface area contributed by atoms with Crippen molar-refractivity contribution in [1.82, 2.24) is 4.90 Å². The van der Waals surface area contributed by atoms with E-state index in [-0.39, 0.29) is 17.5 Å². The van der Waals surface area contributed by atoms with Crippen molar-refractivity contribution in [3.05, 3.63) is 99.0 Å². The van der Waals surface area contributed by atoms with Crippen LogP contribution in [0.1, 0.15) is 35.1 Å². The van der Waals surface area contributed by atoms with Crippen LogP contribution in [0, 0.1) is 11.6 Å². The van der Waals surface area contributed by atoms with Crippen LogP contribution < -0.4 is 4.74 Å². The van der Waals surface area contributed by atoms with E-state index in [1.165, 1.54) is 18.2 Å². The number of halogens is 3. The van der Waals surface area contributed by atoms with Crippen LogP contribution in [-0.2, 0) is 17.6 Å². The molecule has 0 fully saturated rings. The van der Waals surface area contributed by atoms with E-state index >= 15 is 4.39 Å². The molecule has 1 aliphatic rings. The van der Waals surface area contributed by atoms with Crippen LogP contribution in [-0.4, -0.2) is 36.8 Å². The van der Waals surface area contributed by atoms with E-state index in [1.54, 1.807) is 37.1 Å². The molecule has 1 heterocycles. The maximum Gasteiger partial charge on any atom is 0.235 e. The summed E-state index contributed by atoms with van der Waals surface area (Å²) >= 11 is 3.48. The first-order valence-electron chi connectivity index (χ1n) is 11.1. The first-order valence-corrected chi connectivity index (χ1v) is 11.9. The number of aryl methyl sites for hydroxylation is 1. The zero-order chi connectivity index (χ0) is 24.2. The van der Waals surface area contributed by atoms with Crippen molar-refractivity contribution >= 4 is 27.7 Å². The molecule has 1 unspecified atom stereocenters. The Bertz CT molecular complexity index is 1230. The molecule has 1 aliphatic heterocycles. The Morgan fingerprint density at radius 2 is 1.88 bits per heavy atom. The number of amidine groups is 1. The molecule has 3 aromatic carbocycles. The normalized spacial score (nSPS) is 14.1. The van der Waals surface area contributed by atoms with Gasteiger partial charge < -0.3 is 4.74 Å². The lowest BCUT2D eigenvalue weighted by Gasteiger charge is -2.24. The zero-order valence-corrected chi connectivity index (χ0v) is 20.6. The second-order valence-electron chi connectivity index (χ2n) is 8.19. The minimum absolute atomic E-state index is 0.147. The Labute approximate surface area is 206 Å². The quantitative estimate of drug-likeness (QED) is 0.383. The van der Waals surface area contributed by atoms with Gasteiger partial charge in [0.25, 0.3) is 0 Å². The predicted molar refractivity (Wildman–Crippen MR) is 132 cm³/mol. The highest BCUT2D eigenvalue weighted by molar-refractivity contribution is 9.10. The van der Waals surface area contributed by atoms with E-state index in [2.05, 4.69) is 20.9 Å². The summed E-state index contributed by atoms with van der Waals surface area (Å²) in [4.78, 5) is 19.5. The summed E-state index contributed by atoms with van der Waals surface area (Å²) in [6.45, 7) is 2.67. The molecule has 4 rings (SSSR count). The number of methoxy groups -OCH3 is 1. The highest BCUT2D eigenvalue weighted by atomic mass is 79.9. The number of ether oxygens (including phenoxy) is 1. The molecule has 1 amide bonds. The largest absolute Gasteiger partial charge is 0.496 e. The number of amides is 1. The van der Waals surface area contributed by atoms with Gasteiger partial charge in [0.05, 0.1) is 19.6 Å². The molecule has 3 aromatic rings. The third-order valence-electron chi connectivity index (χ3n) is 6.09. The third-order valence-corrected chi connectivity index (χ3v) is 6.59. The summed E-state index contributed by atoms with van der Waals surface area (Å²) in [5.41, 5.74) is 2.81. The van der Waals surface area contributed by atoms with E-state index in [4.69, 9.17) is 4.74 Å². The van der Waals surface area contributed by atoms with Gasteiger partial charge in [-0.05, 0) is 72.9 Å². The summed E-state index contributed by atoms with van der Waals surface area (Å²) in [5.74, 6) is -0.0872. The maximum atomic E-state index is 15.0. The lowest BCUT2D eigenvalue weighted by Crippen LogP contribution is -2.38. The summed E-state index contributed by atoms with van der Waals surface area (Å²) in [6, 6.07) is 16.5. The lowest BCUT2D eigenvalue weighted by molar-refractivity contribution is -0.128. The molecule has 4 nitrogen and oxygen atoms in total. The molecule has 176 valence electrons. The second kappa shape index (κ2) is 10.5. The highest BCUT2D eigenvalue weighted by Gasteiger charge is 2.31. The molecule has 1 atom stereocenters.